The lowest BCUT2D eigenvalue weighted by molar-refractivity contribution is -0.114. The van der Waals surface area contributed by atoms with Crippen molar-refractivity contribution in [1.29, 1.82) is 5.26 Å². The highest BCUT2D eigenvalue weighted by Crippen LogP contribution is 2.22. The van der Waals surface area contributed by atoms with Crippen LogP contribution in [0.1, 0.15) is 12.5 Å². The van der Waals surface area contributed by atoms with Crippen molar-refractivity contribution in [3.05, 3.63) is 28.8 Å². The molecule has 3 nitrogen and oxygen atoms in total. The van der Waals surface area contributed by atoms with E-state index in [-0.39, 0.29) is 5.91 Å². The van der Waals surface area contributed by atoms with E-state index in [0.717, 1.165) is 0 Å². The van der Waals surface area contributed by atoms with Gasteiger partial charge in [-0.1, -0.05) is 17.7 Å². The second kappa shape index (κ2) is 3.92. The fourth-order valence-corrected chi connectivity index (χ4v) is 1.15. The van der Waals surface area contributed by atoms with Crippen molar-refractivity contribution < 1.29 is 4.79 Å². The number of benzene rings is 1. The van der Waals surface area contributed by atoms with Crippen molar-refractivity contribution >= 4 is 23.2 Å². The number of anilines is 1. The lowest BCUT2D eigenvalue weighted by Crippen LogP contribution is -2.07. The third-order valence-electron chi connectivity index (χ3n) is 1.44. The maximum absolute atomic E-state index is 10.7. The maximum Gasteiger partial charge on any atom is 0.221 e. The van der Waals surface area contributed by atoms with Gasteiger partial charge in [0.15, 0.2) is 0 Å². The quantitative estimate of drug-likeness (QED) is 0.745. The second-order valence-electron chi connectivity index (χ2n) is 2.46. The summed E-state index contributed by atoms with van der Waals surface area (Å²) in [6.07, 6.45) is 0. The summed E-state index contributed by atoms with van der Waals surface area (Å²) < 4.78 is 0. The molecule has 0 radical (unpaired) electrons. The summed E-state index contributed by atoms with van der Waals surface area (Å²) in [6.45, 7) is 1.38. The van der Waals surface area contributed by atoms with Crippen LogP contribution in [-0.2, 0) is 4.79 Å². The van der Waals surface area contributed by atoms with Gasteiger partial charge in [-0.2, -0.15) is 5.26 Å². The minimum atomic E-state index is -0.223. The fourth-order valence-electron chi connectivity index (χ4n) is 0.932. The van der Waals surface area contributed by atoms with Gasteiger partial charge in [-0.05, 0) is 12.1 Å². The van der Waals surface area contributed by atoms with Gasteiger partial charge in [0, 0.05) is 6.92 Å². The Morgan fingerprint density at radius 3 is 2.85 bits per heavy atom. The summed E-state index contributed by atoms with van der Waals surface area (Å²) in [7, 11) is 0. The molecule has 0 saturated carbocycles. The number of halogens is 1. The zero-order valence-electron chi connectivity index (χ0n) is 6.97. The Bertz CT molecular complexity index is 382. The summed E-state index contributed by atoms with van der Waals surface area (Å²) in [4.78, 5) is 10.7. The van der Waals surface area contributed by atoms with Gasteiger partial charge in [-0.15, -0.1) is 0 Å². The zero-order chi connectivity index (χ0) is 9.84. The molecule has 0 saturated heterocycles. The molecule has 0 atom stereocenters. The van der Waals surface area contributed by atoms with Crippen LogP contribution >= 0.6 is 11.6 Å². The van der Waals surface area contributed by atoms with Crippen LogP contribution in [0.2, 0.25) is 5.02 Å². The largest absolute Gasteiger partial charge is 0.325 e. The number of hydrogen-bond donors (Lipinski definition) is 1. The van der Waals surface area contributed by atoms with E-state index in [1.165, 1.54) is 6.92 Å². The molecule has 0 aliphatic carbocycles. The molecule has 0 aliphatic heterocycles. The minimum Gasteiger partial charge on any atom is -0.325 e. The van der Waals surface area contributed by atoms with Crippen molar-refractivity contribution in [3.8, 4) is 6.07 Å². The topological polar surface area (TPSA) is 52.9 Å². The first-order chi connectivity index (χ1) is 6.15. The summed E-state index contributed by atoms with van der Waals surface area (Å²) in [5.41, 5.74) is 0.738. The molecule has 0 spiro atoms. The van der Waals surface area contributed by atoms with E-state index in [1.54, 1.807) is 18.2 Å². The molecule has 0 heterocycles. The van der Waals surface area contributed by atoms with Crippen molar-refractivity contribution in [3.63, 3.8) is 0 Å². The molecule has 0 fully saturated rings. The molecule has 0 aromatic heterocycles. The van der Waals surface area contributed by atoms with Crippen molar-refractivity contribution in [2.75, 3.05) is 5.32 Å². The number of carbonyl (C=O) groups excluding carboxylic acids is 1. The Hall–Kier alpha value is -1.53. The van der Waals surface area contributed by atoms with Crippen LogP contribution < -0.4 is 5.32 Å². The van der Waals surface area contributed by atoms with Gasteiger partial charge in [-0.3, -0.25) is 4.79 Å². The smallest absolute Gasteiger partial charge is 0.221 e. The highest BCUT2D eigenvalue weighted by molar-refractivity contribution is 6.32. The minimum absolute atomic E-state index is 0.223. The Morgan fingerprint density at radius 1 is 1.62 bits per heavy atom. The number of nitrogens with one attached hydrogen (secondary N) is 1. The normalized spacial score (nSPS) is 9.00. The predicted molar refractivity (Wildman–Crippen MR) is 50.5 cm³/mol. The lowest BCUT2D eigenvalue weighted by atomic mass is 10.2. The Labute approximate surface area is 80.9 Å². The first kappa shape index (κ1) is 9.56. The number of hydrogen-bond acceptors (Lipinski definition) is 2. The molecule has 0 unspecified atom stereocenters. The molecule has 66 valence electrons. The molecular weight excluding hydrogens is 188 g/mol. The number of amides is 1. The lowest BCUT2D eigenvalue weighted by Gasteiger charge is -2.04. The maximum atomic E-state index is 10.7. The number of carbonyl (C=O) groups is 1. The van der Waals surface area contributed by atoms with E-state index in [2.05, 4.69) is 5.32 Å². The predicted octanol–water partition coefficient (Wildman–Crippen LogP) is 2.17. The van der Waals surface area contributed by atoms with Crippen LogP contribution in [0.3, 0.4) is 0 Å². The van der Waals surface area contributed by atoms with Crippen LogP contribution in [0.4, 0.5) is 5.69 Å². The molecule has 0 bridgehead atoms. The van der Waals surface area contributed by atoms with Gasteiger partial charge in [0.05, 0.1) is 16.3 Å². The molecule has 0 aliphatic rings. The van der Waals surface area contributed by atoms with Crippen LogP contribution in [0.15, 0.2) is 18.2 Å². The van der Waals surface area contributed by atoms with Crippen LogP contribution in [0.25, 0.3) is 0 Å². The summed E-state index contributed by atoms with van der Waals surface area (Å²) in [5, 5.41) is 11.6. The standard InChI is InChI=1S/C9H7ClN2O/c1-6(13)12-9-4-2-3-8(10)7(9)5-11/h2-4H,1H3,(H,12,13). The van der Waals surface area contributed by atoms with Crippen molar-refractivity contribution in [2.45, 2.75) is 6.92 Å². The van der Waals surface area contributed by atoms with Gasteiger partial charge >= 0.3 is 0 Å². The molecule has 1 aromatic carbocycles. The van der Waals surface area contributed by atoms with Gasteiger partial charge in [0.2, 0.25) is 5.91 Å². The van der Waals surface area contributed by atoms with E-state index in [0.29, 0.717) is 16.3 Å². The molecular formula is C9H7ClN2O. The molecule has 4 heteroatoms. The van der Waals surface area contributed by atoms with Crippen LogP contribution in [0.5, 0.6) is 0 Å². The van der Waals surface area contributed by atoms with Crippen LogP contribution in [-0.4, -0.2) is 5.91 Å². The average molecular weight is 195 g/mol. The molecule has 1 N–H and O–H groups in total. The highest BCUT2D eigenvalue weighted by Gasteiger charge is 2.06. The first-order valence-corrected chi connectivity index (χ1v) is 3.99. The molecule has 1 amide bonds. The third kappa shape index (κ3) is 2.20. The Kier molecular flexibility index (Phi) is 2.88. The highest BCUT2D eigenvalue weighted by atomic mass is 35.5. The van der Waals surface area contributed by atoms with Gasteiger partial charge in [-0.25, -0.2) is 0 Å². The average Bonchev–Trinajstić information content (AvgIpc) is 2.03. The van der Waals surface area contributed by atoms with E-state index < -0.39 is 0 Å². The van der Waals surface area contributed by atoms with Gasteiger partial charge in [0.1, 0.15) is 6.07 Å². The SMILES string of the molecule is CC(=O)Nc1cccc(Cl)c1C#N. The summed E-state index contributed by atoms with van der Waals surface area (Å²) in [5.74, 6) is -0.223. The van der Waals surface area contributed by atoms with Gasteiger partial charge < -0.3 is 5.32 Å². The Balaban J connectivity index is 3.14. The van der Waals surface area contributed by atoms with Gasteiger partial charge in [0.25, 0.3) is 0 Å². The molecule has 13 heavy (non-hydrogen) atoms. The first-order valence-electron chi connectivity index (χ1n) is 3.61. The van der Waals surface area contributed by atoms with E-state index in [9.17, 15) is 4.79 Å². The Morgan fingerprint density at radius 2 is 2.31 bits per heavy atom. The number of nitriles is 1. The zero-order valence-corrected chi connectivity index (χ0v) is 7.72. The summed E-state index contributed by atoms with van der Waals surface area (Å²) >= 11 is 5.74. The molecule has 1 aromatic rings. The second-order valence-corrected chi connectivity index (χ2v) is 2.86. The fraction of sp³-hybridized carbons (Fsp3) is 0.111. The van der Waals surface area contributed by atoms with E-state index in [1.807, 2.05) is 6.07 Å². The summed E-state index contributed by atoms with van der Waals surface area (Å²) in [6, 6.07) is 6.83. The van der Waals surface area contributed by atoms with Crippen LogP contribution in [0, 0.1) is 11.3 Å². The van der Waals surface area contributed by atoms with E-state index >= 15 is 0 Å². The van der Waals surface area contributed by atoms with E-state index in [4.69, 9.17) is 16.9 Å². The van der Waals surface area contributed by atoms with Crippen molar-refractivity contribution in [2.24, 2.45) is 0 Å². The number of rotatable bonds is 1. The molecule has 1 rings (SSSR count). The van der Waals surface area contributed by atoms with Crippen molar-refractivity contribution in [1.82, 2.24) is 0 Å². The third-order valence-corrected chi connectivity index (χ3v) is 1.75. The number of nitrogens with zero attached hydrogens (tertiary/aromatic N) is 1. The monoisotopic (exact) mass is 194 g/mol.